The zero-order valence-electron chi connectivity index (χ0n) is 10.2. The van der Waals surface area contributed by atoms with Gasteiger partial charge in [-0.2, -0.15) is 0 Å². The Bertz CT molecular complexity index is 744. The van der Waals surface area contributed by atoms with E-state index in [2.05, 4.69) is 0 Å². The molecule has 2 aromatic carbocycles. The monoisotopic (exact) mass is 436 g/mol. The molecular weight excluding hydrogens is 436 g/mol. The van der Waals surface area contributed by atoms with E-state index in [1.165, 1.54) is 18.2 Å². The van der Waals surface area contributed by atoms with Crippen molar-refractivity contribution >= 4 is 87.2 Å². The molecule has 0 saturated heterocycles. The first-order chi connectivity index (χ1) is 10.2. The number of carbonyl (C=O) groups is 1. The topological polar surface area (TPSA) is 26.3 Å². The zero-order valence-corrected chi connectivity index (χ0v) is 15.5. The summed E-state index contributed by atoms with van der Waals surface area (Å²) in [7, 11) is 0. The standard InChI is InChI=1S/C13H3Cl7O2/c14-5-2-1-4(3-6(5)15)13(21)22-12-10(19)8(17)7(16)9(18)11(12)20/h1-3H. The van der Waals surface area contributed by atoms with Crippen LogP contribution in [0.25, 0.3) is 0 Å². The molecule has 0 saturated carbocycles. The molecule has 0 heterocycles. The van der Waals surface area contributed by atoms with Crippen molar-refractivity contribution in [2.24, 2.45) is 0 Å². The number of ether oxygens (including phenoxy) is 1. The second-order valence-corrected chi connectivity index (χ2v) is 6.62. The Balaban J connectivity index is 2.42. The van der Waals surface area contributed by atoms with Gasteiger partial charge in [-0.3, -0.25) is 0 Å². The van der Waals surface area contributed by atoms with E-state index in [0.29, 0.717) is 5.02 Å². The molecule has 0 N–H and O–H groups in total. The lowest BCUT2D eigenvalue weighted by atomic mass is 10.2. The van der Waals surface area contributed by atoms with Crippen molar-refractivity contribution in [3.05, 3.63) is 58.9 Å². The average molecular weight is 439 g/mol. The van der Waals surface area contributed by atoms with Gasteiger partial charge < -0.3 is 4.74 Å². The van der Waals surface area contributed by atoms with Crippen LogP contribution in [0.1, 0.15) is 10.4 Å². The Morgan fingerprint density at radius 1 is 0.727 bits per heavy atom. The number of carbonyl (C=O) groups excluding carboxylic acids is 1. The third kappa shape index (κ3) is 3.54. The molecule has 2 nitrogen and oxygen atoms in total. The van der Waals surface area contributed by atoms with E-state index >= 15 is 0 Å². The maximum absolute atomic E-state index is 12.1. The van der Waals surface area contributed by atoms with Crippen molar-refractivity contribution in [2.45, 2.75) is 0 Å². The first-order valence-electron chi connectivity index (χ1n) is 5.42. The summed E-state index contributed by atoms with van der Waals surface area (Å²) in [6.45, 7) is 0. The van der Waals surface area contributed by atoms with E-state index in [0.717, 1.165) is 0 Å². The molecule has 0 aliphatic carbocycles. The number of halogens is 7. The number of esters is 1. The predicted molar refractivity (Wildman–Crippen MR) is 92.9 cm³/mol. The molecule has 116 valence electrons. The molecule has 0 fully saturated rings. The highest BCUT2D eigenvalue weighted by Gasteiger charge is 2.23. The molecule has 0 spiro atoms. The highest BCUT2D eigenvalue weighted by atomic mass is 35.5. The third-order valence-corrected chi connectivity index (χ3v) is 5.50. The molecule has 0 aliphatic heterocycles. The fraction of sp³-hybridized carbons (Fsp3) is 0. The van der Waals surface area contributed by atoms with Gasteiger partial charge in [0.15, 0.2) is 5.75 Å². The van der Waals surface area contributed by atoms with Crippen LogP contribution in [0.5, 0.6) is 5.75 Å². The molecule has 0 atom stereocenters. The van der Waals surface area contributed by atoms with E-state index in [-0.39, 0.29) is 41.4 Å². The van der Waals surface area contributed by atoms with Crippen molar-refractivity contribution in [1.82, 2.24) is 0 Å². The summed E-state index contributed by atoms with van der Waals surface area (Å²) < 4.78 is 5.14. The van der Waals surface area contributed by atoms with E-state index in [1.807, 2.05) is 0 Å². The van der Waals surface area contributed by atoms with Crippen molar-refractivity contribution in [1.29, 1.82) is 0 Å². The lowest BCUT2D eigenvalue weighted by Crippen LogP contribution is -2.09. The molecule has 0 bridgehead atoms. The fourth-order valence-electron chi connectivity index (χ4n) is 1.45. The minimum Gasteiger partial charge on any atom is -0.420 e. The molecule has 22 heavy (non-hydrogen) atoms. The quantitative estimate of drug-likeness (QED) is 0.210. The minimum absolute atomic E-state index is 0.0346. The number of hydrogen-bond acceptors (Lipinski definition) is 2. The van der Waals surface area contributed by atoms with Gasteiger partial charge in [0.25, 0.3) is 0 Å². The molecule has 9 heteroatoms. The van der Waals surface area contributed by atoms with E-state index in [9.17, 15) is 4.79 Å². The third-order valence-electron chi connectivity index (χ3n) is 2.52. The number of rotatable bonds is 2. The van der Waals surface area contributed by atoms with E-state index in [1.54, 1.807) is 0 Å². The van der Waals surface area contributed by atoms with Crippen molar-refractivity contribution in [3.63, 3.8) is 0 Å². The Morgan fingerprint density at radius 2 is 1.23 bits per heavy atom. The van der Waals surface area contributed by atoms with Crippen LogP contribution in [0, 0.1) is 0 Å². The van der Waals surface area contributed by atoms with Crippen LogP contribution >= 0.6 is 81.2 Å². The molecule has 0 radical (unpaired) electrons. The second kappa shape index (κ2) is 7.23. The van der Waals surface area contributed by atoms with Crippen LogP contribution in [0.4, 0.5) is 0 Å². The van der Waals surface area contributed by atoms with Gasteiger partial charge in [-0.1, -0.05) is 81.2 Å². The van der Waals surface area contributed by atoms with Gasteiger partial charge in [0.05, 0.1) is 30.7 Å². The molecule has 0 unspecified atom stereocenters. The highest BCUT2D eigenvalue weighted by molar-refractivity contribution is 6.55. The lowest BCUT2D eigenvalue weighted by Gasteiger charge is -2.12. The van der Waals surface area contributed by atoms with Crippen molar-refractivity contribution < 1.29 is 9.53 Å². The van der Waals surface area contributed by atoms with Crippen LogP contribution in [-0.4, -0.2) is 5.97 Å². The van der Waals surface area contributed by atoms with Gasteiger partial charge in [-0.15, -0.1) is 0 Å². The first-order valence-corrected chi connectivity index (χ1v) is 8.07. The highest BCUT2D eigenvalue weighted by Crippen LogP contribution is 2.48. The van der Waals surface area contributed by atoms with Gasteiger partial charge >= 0.3 is 5.97 Å². The van der Waals surface area contributed by atoms with Gasteiger partial charge in [-0.05, 0) is 18.2 Å². The van der Waals surface area contributed by atoms with Gasteiger partial charge in [0.2, 0.25) is 0 Å². The number of benzene rings is 2. The average Bonchev–Trinajstić information content (AvgIpc) is 2.50. The maximum atomic E-state index is 12.1. The summed E-state index contributed by atoms with van der Waals surface area (Å²) in [5, 5.41) is 0.0494. The summed E-state index contributed by atoms with van der Waals surface area (Å²) >= 11 is 41.2. The van der Waals surface area contributed by atoms with Gasteiger partial charge in [0.1, 0.15) is 10.0 Å². The smallest absolute Gasteiger partial charge is 0.343 e. The summed E-state index contributed by atoms with van der Waals surface area (Å²) in [6.07, 6.45) is 0. The molecule has 2 rings (SSSR count). The summed E-state index contributed by atoms with van der Waals surface area (Å²) in [4.78, 5) is 12.1. The molecule has 0 aromatic heterocycles. The minimum atomic E-state index is -0.767. The van der Waals surface area contributed by atoms with Crippen LogP contribution in [0.2, 0.25) is 35.2 Å². The Morgan fingerprint density at radius 3 is 1.73 bits per heavy atom. The van der Waals surface area contributed by atoms with Crippen LogP contribution in [0.3, 0.4) is 0 Å². The van der Waals surface area contributed by atoms with Crippen molar-refractivity contribution in [2.75, 3.05) is 0 Å². The largest absolute Gasteiger partial charge is 0.420 e. The second-order valence-electron chi connectivity index (χ2n) is 3.92. The lowest BCUT2D eigenvalue weighted by molar-refractivity contribution is 0.0735. The van der Waals surface area contributed by atoms with Crippen LogP contribution in [0.15, 0.2) is 18.2 Å². The zero-order chi connectivity index (χ0) is 16.6. The normalized spacial score (nSPS) is 10.7. The van der Waals surface area contributed by atoms with Gasteiger partial charge in [-0.25, -0.2) is 4.79 Å². The molecule has 0 amide bonds. The van der Waals surface area contributed by atoms with E-state index < -0.39 is 5.97 Å². The molecule has 2 aromatic rings. The predicted octanol–water partition coefficient (Wildman–Crippen LogP) is 7.48. The Labute approximate surface area is 160 Å². The maximum Gasteiger partial charge on any atom is 0.343 e. The fourth-order valence-corrected chi connectivity index (χ4v) is 2.95. The van der Waals surface area contributed by atoms with Crippen LogP contribution < -0.4 is 4.74 Å². The van der Waals surface area contributed by atoms with Crippen molar-refractivity contribution in [3.8, 4) is 5.75 Å². The Hall–Kier alpha value is -0.0600. The van der Waals surface area contributed by atoms with E-state index in [4.69, 9.17) is 85.9 Å². The van der Waals surface area contributed by atoms with Gasteiger partial charge in [0, 0.05) is 0 Å². The summed E-state index contributed by atoms with van der Waals surface area (Å²) in [5.74, 6) is -0.962. The van der Waals surface area contributed by atoms with Crippen LogP contribution in [-0.2, 0) is 0 Å². The Kier molecular flexibility index (Phi) is 6.01. The SMILES string of the molecule is O=C(Oc1c(Cl)c(Cl)c(Cl)c(Cl)c1Cl)c1ccc(Cl)c(Cl)c1. The first kappa shape index (κ1) is 18.3. The molecule has 0 aliphatic rings. The molecular formula is C13H3Cl7O2. The summed E-state index contributed by atoms with van der Waals surface area (Å²) in [5.41, 5.74) is 0.142. The summed E-state index contributed by atoms with van der Waals surface area (Å²) in [6, 6.07) is 4.22. The number of hydrogen-bond donors (Lipinski definition) is 0.